The first-order valence-corrected chi connectivity index (χ1v) is 2.81. The molecule has 0 aliphatic heterocycles. The maximum atomic E-state index is 4.98. The number of methoxy groups -OCH3 is 1. The number of rotatable bonds is 3. The minimum Gasteiger partial charge on any atom is -0.450 e. The van der Waals surface area contributed by atoms with Gasteiger partial charge in [-0.25, -0.2) is 9.97 Å². The second-order valence-corrected chi connectivity index (χ2v) is 1.60. The van der Waals surface area contributed by atoms with Gasteiger partial charge in [-0.1, -0.05) is 0 Å². The van der Waals surface area contributed by atoms with Crippen LogP contribution in [0.3, 0.4) is 0 Å². The van der Waals surface area contributed by atoms with Crippen LogP contribution in [0.1, 0.15) is 0 Å². The lowest BCUT2D eigenvalue weighted by atomic mass is 10.6. The quantitative estimate of drug-likeness (QED) is 0.572. The second-order valence-electron chi connectivity index (χ2n) is 1.60. The third-order valence-corrected chi connectivity index (χ3v) is 0.879. The molecule has 0 bridgehead atoms. The summed E-state index contributed by atoms with van der Waals surface area (Å²) < 4.78 is 9.64. The van der Waals surface area contributed by atoms with Crippen LogP contribution < -0.4 is 4.74 Å². The SMILES string of the molecule is COCOc1ccncn1. The normalized spacial score (nSPS) is 9.30. The summed E-state index contributed by atoms with van der Waals surface area (Å²) in [4.78, 5) is 7.52. The number of hydrogen-bond acceptors (Lipinski definition) is 4. The minimum absolute atomic E-state index is 0.219. The molecule has 1 rings (SSSR count). The van der Waals surface area contributed by atoms with Crippen molar-refractivity contribution in [3.63, 3.8) is 0 Å². The Hall–Kier alpha value is -1.16. The lowest BCUT2D eigenvalue weighted by Gasteiger charge is -2.00. The monoisotopic (exact) mass is 140 g/mol. The highest BCUT2D eigenvalue weighted by atomic mass is 16.7. The maximum absolute atomic E-state index is 4.98. The molecular weight excluding hydrogens is 132 g/mol. The van der Waals surface area contributed by atoms with E-state index in [4.69, 9.17) is 4.74 Å². The summed E-state index contributed by atoms with van der Waals surface area (Å²) in [6, 6.07) is 1.67. The molecule has 0 amide bonds. The highest BCUT2D eigenvalue weighted by Gasteiger charge is 1.88. The van der Waals surface area contributed by atoms with Crippen molar-refractivity contribution in [1.29, 1.82) is 0 Å². The molecule has 1 heterocycles. The molecule has 0 N–H and O–H groups in total. The molecule has 0 radical (unpaired) electrons. The van der Waals surface area contributed by atoms with Gasteiger partial charge >= 0.3 is 0 Å². The van der Waals surface area contributed by atoms with E-state index in [1.54, 1.807) is 19.4 Å². The van der Waals surface area contributed by atoms with Crippen LogP contribution in [0.25, 0.3) is 0 Å². The van der Waals surface area contributed by atoms with Gasteiger partial charge in [-0.05, 0) is 0 Å². The molecule has 1 aromatic heterocycles. The Labute approximate surface area is 58.8 Å². The summed E-state index contributed by atoms with van der Waals surface area (Å²) in [7, 11) is 1.56. The van der Waals surface area contributed by atoms with Crippen LogP contribution in [0.2, 0.25) is 0 Å². The van der Waals surface area contributed by atoms with Crippen molar-refractivity contribution in [3.05, 3.63) is 18.6 Å². The van der Waals surface area contributed by atoms with Crippen LogP contribution >= 0.6 is 0 Å². The predicted octanol–water partition coefficient (Wildman–Crippen LogP) is 0.459. The molecule has 0 saturated carbocycles. The van der Waals surface area contributed by atoms with Gasteiger partial charge in [0.15, 0.2) is 6.79 Å². The Bertz CT molecular complexity index is 178. The van der Waals surface area contributed by atoms with Crippen molar-refractivity contribution < 1.29 is 9.47 Å². The van der Waals surface area contributed by atoms with Gasteiger partial charge in [0.05, 0.1) is 0 Å². The summed E-state index contributed by atoms with van der Waals surface area (Å²) in [5, 5.41) is 0. The van der Waals surface area contributed by atoms with E-state index in [9.17, 15) is 0 Å². The van der Waals surface area contributed by atoms with Gasteiger partial charge in [0.1, 0.15) is 6.33 Å². The largest absolute Gasteiger partial charge is 0.450 e. The van der Waals surface area contributed by atoms with E-state index in [2.05, 4.69) is 14.7 Å². The van der Waals surface area contributed by atoms with Gasteiger partial charge in [0.25, 0.3) is 0 Å². The van der Waals surface area contributed by atoms with Crippen LogP contribution in [0.5, 0.6) is 5.88 Å². The van der Waals surface area contributed by atoms with Crippen molar-refractivity contribution in [2.24, 2.45) is 0 Å². The fourth-order valence-electron chi connectivity index (χ4n) is 0.483. The van der Waals surface area contributed by atoms with E-state index in [-0.39, 0.29) is 6.79 Å². The molecule has 54 valence electrons. The summed E-state index contributed by atoms with van der Waals surface area (Å²) >= 11 is 0. The van der Waals surface area contributed by atoms with Gasteiger partial charge in [0, 0.05) is 19.4 Å². The molecule has 1 aromatic rings. The summed E-state index contributed by atoms with van der Waals surface area (Å²) in [5.41, 5.74) is 0. The average Bonchev–Trinajstić information content (AvgIpc) is 2.03. The lowest BCUT2D eigenvalue weighted by molar-refractivity contribution is 0.0477. The zero-order valence-corrected chi connectivity index (χ0v) is 5.65. The van der Waals surface area contributed by atoms with Crippen molar-refractivity contribution in [2.75, 3.05) is 13.9 Å². The van der Waals surface area contributed by atoms with E-state index in [0.717, 1.165) is 0 Å². The van der Waals surface area contributed by atoms with Gasteiger partial charge in [-0.15, -0.1) is 0 Å². The Kier molecular flexibility index (Phi) is 2.63. The van der Waals surface area contributed by atoms with Crippen molar-refractivity contribution in [3.8, 4) is 5.88 Å². The molecule has 0 spiro atoms. The van der Waals surface area contributed by atoms with Crippen LogP contribution in [-0.2, 0) is 4.74 Å². The summed E-state index contributed by atoms with van der Waals surface area (Å²) in [6.45, 7) is 0.219. The molecule has 0 fully saturated rings. The zero-order chi connectivity index (χ0) is 7.23. The molecule has 0 aliphatic rings. The Morgan fingerprint density at radius 3 is 3.10 bits per heavy atom. The van der Waals surface area contributed by atoms with E-state index in [1.165, 1.54) is 6.33 Å². The molecule has 4 heteroatoms. The minimum atomic E-state index is 0.219. The van der Waals surface area contributed by atoms with Crippen LogP contribution in [0.4, 0.5) is 0 Å². The molecule has 0 aliphatic carbocycles. The van der Waals surface area contributed by atoms with E-state index >= 15 is 0 Å². The highest BCUT2D eigenvalue weighted by Crippen LogP contribution is 2.00. The van der Waals surface area contributed by atoms with E-state index in [1.807, 2.05) is 0 Å². The fraction of sp³-hybridized carbons (Fsp3) is 0.333. The van der Waals surface area contributed by atoms with Crippen molar-refractivity contribution >= 4 is 0 Å². The Balaban J connectivity index is 2.43. The topological polar surface area (TPSA) is 44.2 Å². The first kappa shape index (κ1) is 6.95. The average molecular weight is 140 g/mol. The smallest absolute Gasteiger partial charge is 0.218 e. The number of hydrogen-bond donors (Lipinski definition) is 0. The lowest BCUT2D eigenvalue weighted by Crippen LogP contribution is -1.99. The molecule has 0 saturated heterocycles. The predicted molar refractivity (Wildman–Crippen MR) is 34.5 cm³/mol. The zero-order valence-electron chi connectivity index (χ0n) is 5.65. The molecule has 10 heavy (non-hydrogen) atoms. The molecule has 4 nitrogen and oxygen atoms in total. The number of aromatic nitrogens is 2. The van der Waals surface area contributed by atoms with E-state index in [0.29, 0.717) is 5.88 Å². The van der Waals surface area contributed by atoms with Crippen LogP contribution in [-0.4, -0.2) is 23.9 Å². The standard InChI is InChI=1S/C6H8N2O2/c1-9-5-10-6-2-3-7-4-8-6/h2-4H,5H2,1H3. The third kappa shape index (κ3) is 1.99. The van der Waals surface area contributed by atoms with Gasteiger partial charge in [-0.2, -0.15) is 0 Å². The van der Waals surface area contributed by atoms with Gasteiger partial charge in [-0.3, -0.25) is 0 Å². The Morgan fingerprint density at radius 2 is 2.50 bits per heavy atom. The maximum Gasteiger partial charge on any atom is 0.218 e. The summed E-state index contributed by atoms with van der Waals surface area (Å²) in [6.07, 6.45) is 3.03. The molecular formula is C6H8N2O2. The van der Waals surface area contributed by atoms with Crippen LogP contribution in [0.15, 0.2) is 18.6 Å². The number of ether oxygens (including phenoxy) is 2. The van der Waals surface area contributed by atoms with Gasteiger partial charge in [0.2, 0.25) is 5.88 Å². The van der Waals surface area contributed by atoms with E-state index < -0.39 is 0 Å². The summed E-state index contributed by atoms with van der Waals surface area (Å²) in [5.74, 6) is 0.525. The third-order valence-electron chi connectivity index (χ3n) is 0.879. The second kappa shape index (κ2) is 3.79. The number of nitrogens with zero attached hydrogens (tertiary/aromatic N) is 2. The Morgan fingerprint density at radius 1 is 1.60 bits per heavy atom. The van der Waals surface area contributed by atoms with Crippen LogP contribution in [0, 0.1) is 0 Å². The molecule has 0 atom stereocenters. The van der Waals surface area contributed by atoms with Crippen molar-refractivity contribution in [1.82, 2.24) is 9.97 Å². The first-order valence-electron chi connectivity index (χ1n) is 2.81. The molecule has 0 unspecified atom stereocenters. The van der Waals surface area contributed by atoms with Gasteiger partial charge < -0.3 is 9.47 Å². The highest BCUT2D eigenvalue weighted by molar-refractivity contribution is 5.03. The molecule has 0 aromatic carbocycles. The van der Waals surface area contributed by atoms with Crippen molar-refractivity contribution in [2.45, 2.75) is 0 Å². The first-order chi connectivity index (χ1) is 4.93. The fourth-order valence-corrected chi connectivity index (χ4v) is 0.483.